The highest BCUT2D eigenvalue weighted by Crippen LogP contribution is 2.32. The molecule has 3 aromatic carbocycles. The first-order valence-corrected chi connectivity index (χ1v) is 12.6. The van der Waals surface area contributed by atoms with Crippen LogP contribution in [0.4, 0.5) is 29.3 Å². The highest BCUT2D eigenvalue weighted by atomic mass is 19.4. The van der Waals surface area contributed by atoms with Crippen LogP contribution in [0.5, 0.6) is 0 Å². The van der Waals surface area contributed by atoms with Gasteiger partial charge >= 0.3 is 12.3 Å². The number of amides is 2. The second kappa shape index (κ2) is 11.6. The Morgan fingerprint density at radius 1 is 0.925 bits per heavy atom. The molecule has 0 unspecified atom stereocenters. The molecule has 2 amide bonds. The summed E-state index contributed by atoms with van der Waals surface area (Å²) < 4.78 is 46.2. The standard InChI is InChI=1S/C30H29F3N4O3/c1-29(2,3)40-28(39)37(20-19-36-18-6-17-34-36)24-15-13-23(14-16-24)35-27(38)26-8-5-4-7-25(26)21-9-11-22(12-10-21)30(31,32)33/h4-18H,19-20H2,1-3H3,(H,35,38). The third-order valence-electron chi connectivity index (χ3n) is 5.86. The van der Waals surface area contributed by atoms with Crippen molar-refractivity contribution in [2.75, 3.05) is 16.8 Å². The van der Waals surface area contributed by atoms with E-state index in [-0.39, 0.29) is 0 Å². The summed E-state index contributed by atoms with van der Waals surface area (Å²) in [4.78, 5) is 27.6. The quantitative estimate of drug-likeness (QED) is 0.263. The monoisotopic (exact) mass is 550 g/mol. The fourth-order valence-electron chi connectivity index (χ4n) is 3.97. The van der Waals surface area contributed by atoms with Crippen molar-refractivity contribution in [1.29, 1.82) is 0 Å². The molecule has 208 valence electrons. The average molecular weight is 551 g/mol. The first-order chi connectivity index (χ1) is 18.9. The number of halogens is 3. The number of hydrogen-bond acceptors (Lipinski definition) is 4. The van der Waals surface area contributed by atoms with E-state index >= 15 is 0 Å². The molecule has 4 aromatic rings. The molecule has 0 bridgehead atoms. The van der Waals surface area contributed by atoms with Crippen molar-refractivity contribution in [3.63, 3.8) is 0 Å². The molecular weight excluding hydrogens is 521 g/mol. The van der Waals surface area contributed by atoms with Crippen LogP contribution in [0.25, 0.3) is 11.1 Å². The number of nitrogens with zero attached hydrogens (tertiary/aromatic N) is 3. The normalized spacial score (nSPS) is 11.7. The zero-order chi connectivity index (χ0) is 28.9. The number of aromatic nitrogens is 2. The van der Waals surface area contributed by atoms with E-state index < -0.39 is 29.3 Å². The molecule has 0 aliphatic carbocycles. The first kappa shape index (κ1) is 28.4. The molecule has 0 radical (unpaired) electrons. The van der Waals surface area contributed by atoms with Crippen molar-refractivity contribution in [2.24, 2.45) is 0 Å². The fourth-order valence-corrected chi connectivity index (χ4v) is 3.97. The summed E-state index contributed by atoms with van der Waals surface area (Å²) in [7, 11) is 0. The lowest BCUT2D eigenvalue weighted by atomic mass is 9.98. The minimum atomic E-state index is -4.44. The number of carbonyl (C=O) groups is 2. The molecule has 0 atom stereocenters. The number of ether oxygens (including phenoxy) is 1. The van der Waals surface area contributed by atoms with Crippen LogP contribution in [0.2, 0.25) is 0 Å². The Bertz CT molecular complexity index is 1440. The molecule has 4 rings (SSSR count). The zero-order valence-electron chi connectivity index (χ0n) is 22.3. The van der Waals surface area contributed by atoms with Gasteiger partial charge in [0.15, 0.2) is 0 Å². The lowest BCUT2D eigenvalue weighted by Crippen LogP contribution is -2.38. The third kappa shape index (κ3) is 7.28. The summed E-state index contributed by atoms with van der Waals surface area (Å²) in [6.07, 6.45) is -1.50. The second-order valence-corrected chi connectivity index (χ2v) is 10.0. The van der Waals surface area contributed by atoms with Crippen LogP contribution in [0.1, 0.15) is 36.7 Å². The van der Waals surface area contributed by atoms with Gasteiger partial charge in [-0.25, -0.2) is 4.79 Å². The summed E-state index contributed by atoms with van der Waals surface area (Å²) >= 11 is 0. The molecule has 1 aromatic heterocycles. The Hall–Kier alpha value is -4.60. The molecular formula is C30H29F3N4O3. The molecule has 0 aliphatic heterocycles. The molecule has 40 heavy (non-hydrogen) atoms. The van der Waals surface area contributed by atoms with Gasteiger partial charge in [-0.1, -0.05) is 30.3 Å². The van der Waals surface area contributed by atoms with E-state index in [1.54, 1.807) is 92.4 Å². The van der Waals surface area contributed by atoms with Crippen LogP contribution < -0.4 is 10.2 Å². The van der Waals surface area contributed by atoms with E-state index in [0.717, 1.165) is 12.1 Å². The van der Waals surface area contributed by atoms with Gasteiger partial charge in [0.1, 0.15) is 5.60 Å². The molecule has 10 heteroatoms. The molecule has 7 nitrogen and oxygen atoms in total. The van der Waals surface area contributed by atoms with E-state index in [9.17, 15) is 22.8 Å². The minimum absolute atomic E-state index is 0.306. The number of benzene rings is 3. The van der Waals surface area contributed by atoms with Crippen molar-refractivity contribution < 1.29 is 27.5 Å². The van der Waals surface area contributed by atoms with Crippen molar-refractivity contribution in [3.8, 4) is 11.1 Å². The van der Waals surface area contributed by atoms with E-state index in [0.29, 0.717) is 41.2 Å². The van der Waals surface area contributed by atoms with Crippen LogP contribution in [-0.4, -0.2) is 33.9 Å². The summed E-state index contributed by atoms with van der Waals surface area (Å²) in [6, 6.07) is 19.9. The number of anilines is 2. The summed E-state index contributed by atoms with van der Waals surface area (Å²) in [5.41, 5.74) is 0.899. The molecule has 0 aliphatic rings. The summed E-state index contributed by atoms with van der Waals surface area (Å²) in [5.74, 6) is -0.425. The van der Waals surface area contributed by atoms with E-state index in [4.69, 9.17) is 4.74 Å². The smallest absolute Gasteiger partial charge is 0.416 e. The number of nitrogens with one attached hydrogen (secondary N) is 1. The van der Waals surface area contributed by atoms with Crippen molar-refractivity contribution in [3.05, 3.63) is 102 Å². The maximum Gasteiger partial charge on any atom is 0.416 e. The Morgan fingerprint density at radius 2 is 1.60 bits per heavy atom. The Labute approximate surface area is 230 Å². The number of alkyl halides is 3. The van der Waals surface area contributed by atoms with Gasteiger partial charge in [0.25, 0.3) is 5.91 Å². The molecule has 0 spiro atoms. The summed E-state index contributed by atoms with van der Waals surface area (Å²) in [5, 5.41) is 7.00. The second-order valence-electron chi connectivity index (χ2n) is 10.0. The molecule has 0 saturated carbocycles. The van der Waals surface area contributed by atoms with Crippen LogP contribution in [0, 0.1) is 0 Å². The van der Waals surface area contributed by atoms with Crippen molar-refractivity contribution in [1.82, 2.24) is 9.78 Å². The molecule has 0 fully saturated rings. The van der Waals surface area contributed by atoms with Crippen molar-refractivity contribution in [2.45, 2.75) is 39.1 Å². The zero-order valence-corrected chi connectivity index (χ0v) is 22.3. The predicted octanol–water partition coefficient (Wildman–Crippen LogP) is 7.26. The molecule has 1 N–H and O–H groups in total. The fraction of sp³-hybridized carbons (Fsp3) is 0.233. The van der Waals surface area contributed by atoms with Crippen LogP contribution in [0.15, 0.2) is 91.3 Å². The van der Waals surface area contributed by atoms with Gasteiger partial charge in [0.05, 0.1) is 12.1 Å². The number of carbonyl (C=O) groups excluding carboxylic acids is 2. The van der Waals surface area contributed by atoms with Gasteiger partial charge in [-0.3, -0.25) is 14.4 Å². The van der Waals surface area contributed by atoms with Gasteiger partial charge in [-0.2, -0.15) is 18.3 Å². The highest BCUT2D eigenvalue weighted by Gasteiger charge is 2.30. The van der Waals surface area contributed by atoms with E-state index in [2.05, 4.69) is 10.4 Å². The van der Waals surface area contributed by atoms with Crippen molar-refractivity contribution >= 4 is 23.4 Å². The first-order valence-electron chi connectivity index (χ1n) is 12.6. The lowest BCUT2D eigenvalue weighted by molar-refractivity contribution is -0.137. The maximum absolute atomic E-state index is 13.2. The number of rotatable bonds is 7. The predicted molar refractivity (Wildman–Crippen MR) is 147 cm³/mol. The van der Waals surface area contributed by atoms with Gasteiger partial charge in [0.2, 0.25) is 0 Å². The van der Waals surface area contributed by atoms with Crippen LogP contribution in [-0.2, 0) is 17.5 Å². The summed E-state index contributed by atoms with van der Waals surface area (Å²) in [6.45, 7) is 6.13. The van der Waals surface area contributed by atoms with Gasteiger partial charge in [-0.05, 0) is 80.4 Å². The SMILES string of the molecule is CC(C)(C)OC(=O)N(CCn1cccn1)c1ccc(NC(=O)c2ccccc2-c2ccc(C(F)(F)F)cc2)cc1. The Balaban J connectivity index is 1.51. The van der Waals surface area contributed by atoms with Crippen LogP contribution >= 0.6 is 0 Å². The van der Waals surface area contributed by atoms with Gasteiger partial charge in [0, 0.05) is 35.9 Å². The average Bonchev–Trinajstić information content (AvgIpc) is 3.42. The molecule has 1 heterocycles. The topological polar surface area (TPSA) is 76.5 Å². The number of hydrogen-bond donors (Lipinski definition) is 1. The van der Waals surface area contributed by atoms with Gasteiger partial charge in [-0.15, -0.1) is 0 Å². The Morgan fingerprint density at radius 3 is 2.20 bits per heavy atom. The van der Waals surface area contributed by atoms with Gasteiger partial charge < -0.3 is 10.1 Å². The lowest BCUT2D eigenvalue weighted by Gasteiger charge is -2.27. The largest absolute Gasteiger partial charge is 0.443 e. The van der Waals surface area contributed by atoms with E-state index in [1.807, 2.05) is 0 Å². The maximum atomic E-state index is 13.2. The highest BCUT2D eigenvalue weighted by molar-refractivity contribution is 6.08. The molecule has 0 saturated heterocycles. The van der Waals surface area contributed by atoms with Crippen LogP contribution in [0.3, 0.4) is 0 Å². The third-order valence-corrected chi connectivity index (χ3v) is 5.86. The Kier molecular flexibility index (Phi) is 8.27. The minimum Gasteiger partial charge on any atom is -0.443 e. The van der Waals surface area contributed by atoms with E-state index in [1.165, 1.54) is 17.0 Å².